The summed E-state index contributed by atoms with van der Waals surface area (Å²) in [6, 6.07) is 9.93. The first-order valence-electron chi connectivity index (χ1n) is 7.58. The van der Waals surface area contributed by atoms with Crippen molar-refractivity contribution in [2.24, 2.45) is 0 Å². The van der Waals surface area contributed by atoms with E-state index in [1.807, 2.05) is 25.3 Å². The highest BCUT2D eigenvalue weighted by Gasteiger charge is 2.10. The summed E-state index contributed by atoms with van der Waals surface area (Å²) in [5, 5.41) is 11.8. The van der Waals surface area contributed by atoms with Gasteiger partial charge in [-0.1, -0.05) is 35.9 Å². The van der Waals surface area contributed by atoms with Gasteiger partial charge in [0.2, 0.25) is 5.91 Å². The minimum atomic E-state index is -0.195. The molecule has 0 aliphatic rings. The highest BCUT2D eigenvalue weighted by molar-refractivity contribution is 6.31. The largest absolute Gasteiger partial charge is 0.308 e. The molecule has 0 bridgehead atoms. The Morgan fingerprint density at radius 1 is 1.25 bits per heavy atom. The Bertz CT molecular complexity index is 868. The summed E-state index contributed by atoms with van der Waals surface area (Å²) in [5.74, 6) is 0.323. The maximum atomic E-state index is 12.1. The zero-order chi connectivity index (χ0) is 17.1. The second kappa shape index (κ2) is 6.88. The number of nitrogens with one attached hydrogen (secondary N) is 1. The third-order valence-electron chi connectivity index (χ3n) is 3.84. The number of nitrogens with zero attached hydrogens (tertiary/aromatic N) is 4. The quantitative estimate of drug-likeness (QED) is 0.774. The van der Waals surface area contributed by atoms with Gasteiger partial charge in [-0.15, -0.1) is 0 Å². The average Bonchev–Trinajstić information content (AvgIpc) is 3.11. The predicted octanol–water partition coefficient (Wildman–Crippen LogP) is 3.04. The molecule has 0 aliphatic carbocycles. The lowest BCUT2D eigenvalue weighted by Crippen LogP contribution is -2.20. The number of carbonyl (C=O) groups excluding carboxylic acids is 1. The lowest BCUT2D eigenvalue weighted by molar-refractivity contribution is -0.117. The molecular formula is C17H18ClN5O. The maximum Gasteiger partial charge on any atom is 0.247 e. The number of benzene rings is 1. The van der Waals surface area contributed by atoms with Gasteiger partial charge >= 0.3 is 0 Å². The molecule has 0 radical (unpaired) electrons. The SMILES string of the molecule is Cc1ccccc1Cn1ccc(NC(=O)Cn2ncc(Cl)c2C)n1. The zero-order valence-corrected chi connectivity index (χ0v) is 14.3. The second-order valence-corrected chi connectivity index (χ2v) is 6.02. The van der Waals surface area contributed by atoms with Crippen LogP contribution in [-0.4, -0.2) is 25.5 Å². The molecule has 0 fully saturated rings. The summed E-state index contributed by atoms with van der Waals surface area (Å²) in [6.45, 7) is 4.65. The summed E-state index contributed by atoms with van der Waals surface area (Å²) < 4.78 is 3.36. The Labute approximate surface area is 145 Å². The Hall–Kier alpha value is -2.60. The number of amides is 1. The number of aromatic nitrogens is 4. The fraction of sp³-hybridized carbons (Fsp3) is 0.235. The van der Waals surface area contributed by atoms with Crippen LogP contribution in [0.4, 0.5) is 5.82 Å². The van der Waals surface area contributed by atoms with Crippen molar-refractivity contribution in [3.63, 3.8) is 0 Å². The van der Waals surface area contributed by atoms with Crippen molar-refractivity contribution >= 4 is 23.3 Å². The van der Waals surface area contributed by atoms with Crippen LogP contribution in [0.3, 0.4) is 0 Å². The standard InChI is InChI=1S/C17H18ClN5O/c1-12-5-3-4-6-14(12)10-22-8-7-16(21-22)20-17(24)11-23-13(2)15(18)9-19-23/h3-9H,10-11H2,1-2H3,(H,20,21,24). The van der Waals surface area contributed by atoms with Gasteiger partial charge < -0.3 is 5.32 Å². The molecule has 2 heterocycles. The molecule has 124 valence electrons. The van der Waals surface area contributed by atoms with Crippen LogP contribution in [0.2, 0.25) is 5.02 Å². The molecule has 24 heavy (non-hydrogen) atoms. The lowest BCUT2D eigenvalue weighted by atomic mass is 10.1. The minimum absolute atomic E-state index is 0.100. The number of hydrogen-bond acceptors (Lipinski definition) is 3. The van der Waals surface area contributed by atoms with Crippen molar-refractivity contribution < 1.29 is 4.79 Å². The van der Waals surface area contributed by atoms with Crippen LogP contribution in [0.1, 0.15) is 16.8 Å². The molecule has 0 atom stereocenters. The van der Waals surface area contributed by atoms with E-state index in [4.69, 9.17) is 11.6 Å². The minimum Gasteiger partial charge on any atom is -0.308 e. The molecule has 1 aromatic carbocycles. The molecule has 0 saturated carbocycles. The summed E-state index contributed by atoms with van der Waals surface area (Å²) in [7, 11) is 0. The first kappa shape index (κ1) is 16.3. The van der Waals surface area contributed by atoms with Crippen molar-refractivity contribution in [3.8, 4) is 0 Å². The Kier molecular flexibility index (Phi) is 4.66. The maximum absolute atomic E-state index is 12.1. The van der Waals surface area contributed by atoms with Gasteiger partial charge in [0, 0.05) is 12.3 Å². The van der Waals surface area contributed by atoms with Crippen LogP contribution >= 0.6 is 11.6 Å². The van der Waals surface area contributed by atoms with Crippen molar-refractivity contribution in [1.29, 1.82) is 0 Å². The third kappa shape index (κ3) is 3.65. The molecule has 0 saturated heterocycles. The highest BCUT2D eigenvalue weighted by atomic mass is 35.5. The molecule has 0 unspecified atom stereocenters. The normalized spacial score (nSPS) is 10.8. The van der Waals surface area contributed by atoms with Crippen molar-refractivity contribution in [2.45, 2.75) is 26.9 Å². The van der Waals surface area contributed by atoms with E-state index in [2.05, 4.69) is 34.6 Å². The molecule has 7 heteroatoms. The van der Waals surface area contributed by atoms with Gasteiger partial charge in [0.25, 0.3) is 0 Å². The van der Waals surface area contributed by atoms with Crippen LogP contribution in [0, 0.1) is 13.8 Å². The van der Waals surface area contributed by atoms with Gasteiger partial charge in [0.05, 0.1) is 23.5 Å². The van der Waals surface area contributed by atoms with Crippen molar-refractivity contribution in [1.82, 2.24) is 19.6 Å². The average molecular weight is 344 g/mol. The Morgan fingerprint density at radius 3 is 2.75 bits per heavy atom. The fourth-order valence-corrected chi connectivity index (χ4v) is 2.52. The summed E-state index contributed by atoms with van der Waals surface area (Å²) in [6.07, 6.45) is 3.37. The predicted molar refractivity (Wildman–Crippen MR) is 93.1 cm³/mol. The van der Waals surface area contributed by atoms with Gasteiger partial charge in [-0.25, -0.2) is 0 Å². The monoisotopic (exact) mass is 343 g/mol. The number of halogens is 1. The van der Waals surface area contributed by atoms with Crippen LogP contribution in [-0.2, 0) is 17.9 Å². The van der Waals surface area contributed by atoms with E-state index in [9.17, 15) is 4.79 Å². The van der Waals surface area contributed by atoms with Crippen LogP contribution in [0.15, 0.2) is 42.7 Å². The third-order valence-corrected chi connectivity index (χ3v) is 4.21. The summed E-state index contributed by atoms with van der Waals surface area (Å²) in [4.78, 5) is 12.1. The smallest absolute Gasteiger partial charge is 0.247 e. The van der Waals surface area contributed by atoms with Gasteiger partial charge in [-0.2, -0.15) is 10.2 Å². The van der Waals surface area contributed by atoms with E-state index in [-0.39, 0.29) is 12.5 Å². The van der Waals surface area contributed by atoms with Crippen LogP contribution in [0.5, 0.6) is 0 Å². The first-order chi connectivity index (χ1) is 11.5. The summed E-state index contributed by atoms with van der Waals surface area (Å²) in [5.41, 5.74) is 3.17. The Balaban J connectivity index is 1.62. The fourth-order valence-electron chi connectivity index (χ4n) is 2.38. The van der Waals surface area contributed by atoms with E-state index in [1.165, 1.54) is 17.3 Å². The lowest BCUT2D eigenvalue weighted by Gasteiger charge is -2.06. The van der Waals surface area contributed by atoms with Crippen LogP contribution in [0.25, 0.3) is 0 Å². The van der Waals surface area contributed by atoms with E-state index < -0.39 is 0 Å². The van der Waals surface area contributed by atoms with Crippen LogP contribution < -0.4 is 5.32 Å². The molecule has 2 aromatic heterocycles. The molecule has 1 N–H and O–H groups in total. The van der Waals surface area contributed by atoms with Gasteiger partial charge in [-0.05, 0) is 25.0 Å². The number of aryl methyl sites for hydroxylation is 1. The molecule has 1 amide bonds. The second-order valence-electron chi connectivity index (χ2n) is 5.61. The number of carbonyl (C=O) groups is 1. The first-order valence-corrected chi connectivity index (χ1v) is 7.96. The van der Waals surface area contributed by atoms with E-state index >= 15 is 0 Å². The molecule has 0 aliphatic heterocycles. The molecular weight excluding hydrogens is 326 g/mol. The van der Waals surface area contributed by atoms with Gasteiger partial charge in [0.15, 0.2) is 5.82 Å². The molecule has 6 nitrogen and oxygen atoms in total. The van der Waals surface area contributed by atoms with E-state index in [0.717, 1.165) is 5.69 Å². The topological polar surface area (TPSA) is 64.7 Å². The highest BCUT2D eigenvalue weighted by Crippen LogP contribution is 2.14. The summed E-state index contributed by atoms with van der Waals surface area (Å²) >= 11 is 5.94. The molecule has 3 aromatic rings. The van der Waals surface area contributed by atoms with E-state index in [1.54, 1.807) is 15.4 Å². The van der Waals surface area contributed by atoms with E-state index in [0.29, 0.717) is 17.4 Å². The molecule has 0 spiro atoms. The van der Waals surface area contributed by atoms with Gasteiger partial charge in [-0.3, -0.25) is 14.2 Å². The number of hydrogen-bond donors (Lipinski definition) is 1. The van der Waals surface area contributed by atoms with Gasteiger partial charge in [0.1, 0.15) is 6.54 Å². The zero-order valence-electron chi connectivity index (χ0n) is 13.5. The number of anilines is 1. The van der Waals surface area contributed by atoms with Crippen molar-refractivity contribution in [2.75, 3.05) is 5.32 Å². The van der Waals surface area contributed by atoms with Crippen molar-refractivity contribution in [3.05, 3.63) is 64.6 Å². The molecule has 3 rings (SSSR count). The Morgan fingerprint density at radius 2 is 2.04 bits per heavy atom. The number of rotatable bonds is 5.